The van der Waals surface area contributed by atoms with Gasteiger partial charge in [-0.05, 0) is 24.5 Å². The molecule has 0 aliphatic heterocycles. The molecule has 0 bridgehead atoms. The highest BCUT2D eigenvalue weighted by molar-refractivity contribution is 9.10. The van der Waals surface area contributed by atoms with Gasteiger partial charge < -0.3 is 5.11 Å². The molecule has 0 aliphatic rings. The number of halogens is 2. The Labute approximate surface area is 132 Å². The third kappa shape index (κ3) is 2.92. The van der Waals surface area contributed by atoms with Crippen molar-refractivity contribution in [1.82, 2.24) is 9.78 Å². The van der Waals surface area contributed by atoms with E-state index in [0.717, 1.165) is 33.4 Å². The molecule has 1 atom stereocenters. The van der Waals surface area contributed by atoms with Crippen LogP contribution in [0.15, 0.2) is 22.7 Å². The van der Waals surface area contributed by atoms with Gasteiger partial charge in [-0.1, -0.05) is 52.7 Å². The Bertz CT molecular complexity index is 625. The molecule has 1 aromatic heterocycles. The minimum absolute atomic E-state index is 0.449. The predicted molar refractivity (Wildman–Crippen MR) is 85.1 cm³/mol. The standard InChI is InChI=1S/C15H18BrClN2O/c1-4-11-15(17)12(19(3)18-11)8-13(20)10-7-5-6-9(2)14(10)16/h5-7,13,20H,4,8H2,1-3H3. The van der Waals surface area contributed by atoms with Crippen LogP contribution in [0.5, 0.6) is 0 Å². The average Bonchev–Trinajstić information content (AvgIpc) is 2.69. The van der Waals surface area contributed by atoms with E-state index in [1.165, 1.54) is 0 Å². The van der Waals surface area contributed by atoms with E-state index in [1.807, 2.05) is 39.1 Å². The molecular weight excluding hydrogens is 340 g/mol. The number of hydrogen-bond acceptors (Lipinski definition) is 2. The van der Waals surface area contributed by atoms with Gasteiger partial charge >= 0.3 is 0 Å². The molecule has 1 N–H and O–H groups in total. The summed E-state index contributed by atoms with van der Waals surface area (Å²) < 4.78 is 2.70. The first-order valence-corrected chi connectivity index (χ1v) is 7.76. The number of aliphatic hydroxyl groups is 1. The second-order valence-electron chi connectivity index (χ2n) is 4.88. The summed E-state index contributed by atoms with van der Waals surface area (Å²) >= 11 is 9.86. The van der Waals surface area contributed by atoms with E-state index in [1.54, 1.807) is 4.68 Å². The van der Waals surface area contributed by atoms with Crippen LogP contribution in [0.3, 0.4) is 0 Å². The second kappa shape index (κ2) is 6.29. The quantitative estimate of drug-likeness (QED) is 0.898. The molecular formula is C15H18BrClN2O. The zero-order valence-corrected chi connectivity index (χ0v) is 14.2. The number of benzene rings is 1. The van der Waals surface area contributed by atoms with Crippen LogP contribution in [0.2, 0.25) is 5.02 Å². The highest BCUT2D eigenvalue weighted by Gasteiger charge is 2.19. The molecule has 5 heteroatoms. The fourth-order valence-corrected chi connectivity index (χ4v) is 3.16. The van der Waals surface area contributed by atoms with Crippen LogP contribution in [0.25, 0.3) is 0 Å². The highest BCUT2D eigenvalue weighted by Crippen LogP contribution is 2.31. The van der Waals surface area contributed by atoms with E-state index >= 15 is 0 Å². The summed E-state index contributed by atoms with van der Waals surface area (Å²) in [5, 5.41) is 15.5. The van der Waals surface area contributed by atoms with Gasteiger partial charge in [-0.15, -0.1) is 0 Å². The average molecular weight is 358 g/mol. The summed E-state index contributed by atoms with van der Waals surface area (Å²) in [5.74, 6) is 0. The lowest BCUT2D eigenvalue weighted by Gasteiger charge is -2.14. The van der Waals surface area contributed by atoms with E-state index in [4.69, 9.17) is 11.6 Å². The molecule has 20 heavy (non-hydrogen) atoms. The molecule has 3 nitrogen and oxygen atoms in total. The van der Waals surface area contributed by atoms with E-state index in [-0.39, 0.29) is 0 Å². The minimum atomic E-state index is -0.609. The van der Waals surface area contributed by atoms with Crippen molar-refractivity contribution in [2.75, 3.05) is 0 Å². The van der Waals surface area contributed by atoms with Crippen LogP contribution >= 0.6 is 27.5 Å². The summed E-state index contributed by atoms with van der Waals surface area (Å²) in [6.45, 7) is 4.03. The Morgan fingerprint density at radius 1 is 1.45 bits per heavy atom. The first-order chi connectivity index (χ1) is 9.45. The highest BCUT2D eigenvalue weighted by atomic mass is 79.9. The van der Waals surface area contributed by atoms with Crippen LogP contribution in [0.4, 0.5) is 0 Å². The largest absolute Gasteiger partial charge is 0.388 e. The number of aryl methyl sites for hydroxylation is 3. The number of aliphatic hydroxyl groups excluding tert-OH is 1. The maximum Gasteiger partial charge on any atom is 0.0856 e. The third-order valence-corrected chi connectivity index (χ3v) is 4.99. The smallest absolute Gasteiger partial charge is 0.0856 e. The van der Waals surface area contributed by atoms with E-state index in [2.05, 4.69) is 21.0 Å². The maximum absolute atomic E-state index is 10.5. The number of nitrogens with zero attached hydrogens (tertiary/aromatic N) is 2. The number of hydrogen-bond donors (Lipinski definition) is 1. The third-order valence-electron chi connectivity index (χ3n) is 3.47. The zero-order valence-electron chi connectivity index (χ0n) is 11.8. The Hall–Kier alpha value is -0.840. The summed E-state index contributed by atoms with van der Waals surface area (Å²) in [5.41, 5.74) is 3.72. The molecule has 0 spiro atoms. The van der Waals surface area contributed by atoms with Gasteiger partial charge in [0.05, 0.1) is 22.5 Å². The number of rotatable bonds is 4. The van der Waals surface area contributed by atoms with E-state index < -0.39 is 6.10 Å². The van der Waals surface area contributed by atoms with Crippen molar-refractivity contribution in [3.8, 4) is 0 Å². The minimum Gasteiger partial charge on any atom is -0.388 e. The van der Waals surface area contributed by atoms with Crippen molar-refractivity contribution in [2.24, 2.45) is 7.05 Å². The molecule has 1 aromatic carbocycles. The van der Waals surface area contributed by atoms with Crippen LogP contribution in [0, 0.1) is 6.92 Å². The normalized spacial score (nSPS) is 12.7. The Kier molecular flexibility index (Phi) is 4.89. The monoisotopic (exact) mass is 356 g/mol. The molecule has 2 aromatic rings. The van der Waals surface area contributed by atoms with Crippen LogP contribution in [-0.4, -0.2) is 14.9 Å². The topological polar surface area (TPSA) is 38.0 Å². The van der Waals surface area contributed by atoms with Gasteiger partial charge in [0.25, 0.3) is 0 Å². The van der Waals surface area contributed by atoms with E-state index in [9.17, 15) is 5.11 Å². The predicted octanol–water partition coefficient (Wildman–Crippen LogP) is 3.98. The van der Waals surface area contributed by atoms with Crippen molar-refractivity contribution in [3.63, 3.8) is 0 Å². The molecule has 2 rings (SSSR count). The van der Waals surface area contributed by atoms with Gasteiger partial charge in [0, 0.05) is 17.9 Å². The summed E-state index contributed by atoms with van der Waals surface area (Å²) in [6.07, 6.45) is 0.628. The summed E-state index contributed by atoms with van der Waals surface area (Å²) in [6, 6.07) is 5.88. The van der Waals surface area contributed by atoms with Gasteiger partial charge in [0.2, 0.25) is 0 Å². The number of aromatic nitrogens is 2. The van der Waals surface area contributed by atoms with Gasteiger partial charge in [-0.2, -0.15) is 5.10 Å². The van der Waals surface area contributed by atoms with Crippen molar-refractivity contribution in [2.45, 2.75) is 32.8 Å². The molecule has 0 fully saturated rings. The Morgan fingerprint density at radius 2 is 2.15 bits per heavy atom. The summed E-state index contributed by atoms with van der Waals surface area (Å²) in [7, 11) is 1.86. The first kappa shape index (κ1) is 15.5. The van der Waals surface area contributed by atoms with Gasteiger partial charge in [0.15, 0.2) is 0 Å². The van der Waals surface area contributed by atoms with Crippen LogP contribution in [-0.2, 0) is 19.9 Å². The molecule has 1 heterocycles. The van der Waals surface area contributed by atoms with Crippen LogP contribution in [0.1, 0.15) is 35.5 Å². The molecule has 108 valence electrons. The molecule has 0 radical (unpaired) electrons. The van der Waals surface area contributed by atoms with Crippen molar-refractivity contribution >= 4 is 27.5 Å². The van der Waals surface area contributed by atoms with Crippen LogP contribution < -0.4 is 0 Å². The van der Waals surface area contributed by atoms with Crippen molar-refractivity contribution in [1.29, 1.82) is 0 Å². The fraction of sp³-hybridized carbons (Fsp3) is 0.400. The molecule has 0 saturated carbocycles. The van der Waals surface area contributed by atoms with Gasteiger partial charge in [-0.25, -0.2) is 0 Å². The lowest BCUT2D eigenvalue weighted by atomic mass is 10.0. The molecule has 0 amide bonds. The van der Waals surface area contributed by atoms with E-state index in [0.29, 0.717) is 11.4 Å². The van der Waals surface area contributed by atoms with Gasteiger partial charge in [0.1, 0.15) is 0 Å². The lowest BCUT2D eigenvalue weighted by molar-refractivity contribution is 0.175. The second-order valence-corrected chi connectivity index (χ2v) is 6.05. The van der Waals surface area contributed by atoms with Crippen molar-refractivity contribution < 1.29 is 5.11 Å². The van der Waals surface area contributed by atoms with Crippen molar-refractivity contribution in [3.05, 3.63) is 50.2 Å². The Morgan fingerprint density at radius 3 is 2.75 bits per heavy atom. The molecule has 0 saturated heterocycles. The lowest BCUT2D eigenvalue weighted by Crippen LogP contribution is -2.08. The molecule has 1 unspecified atom stereocenters. The fourth-order valence-electron chi connectivity index (χ4n) is 2.26. The van der Waals surface area contributed by atoms with Gasteiger partial charge in [-0.3, -0.25) is 4.68 Å². The first-order valence-electron chi connectivity index (χ1n) is 6.59. The zero-order chi connectivity index (χ0) is 14.9. The summed E-state index contributed by atoms with van der Waals surface area (Å²) in [4.78, 5) is 0. The SMILES string of the molecule is CCc1nn(C)c(CC(O)c2cccc(C)c2Br)c1Cl. The Balaban J connectivity index is 2.30. The maximum atomic E-state index is 10.5. The molecule has 0 aliphatic carbocycles.